The quantitative estimate of drug-likeness (QED) is 0.755. The summed E-state index contributed by atoms with van der Waals surface area (Å²) >= 11 is 1.37. The Morgan fingerprint density at radius 3 is 2.91 bits per heavy atom. The number of nitrogens with two attached hydrogens (primary N) is 1. The second-order valence-corrected chi connectivity index (χ2v) is 3.76. The van der Waals surface area contributed by atoms with Gasteiger partial charge in [0.05, 0.1) is 12.8 Å². The van der Waals surface area contributed by atoms with Crippen molar-refractivity contribution in [2.75, 3.05) is 12.3 Å². The maximum absolute atomic E-state index is 5.46. The van der Waals surface area contributed by atoms with E-state index in [0.717, 1.165) is 0 Å². The highest BCUT2D eigenvalue weighted by atomic mass is 32.1. The summed E-state index contributed by atoms with van der Waals surface area (Å²) in [6.45, 7) is 4.89. The van der Waals surface area contributed by atoms with Gasteiger partial charge in [-0.25, -0.2) is 4.98 Å². The minimum Gasteiger partial charge on any atom is -0.470 e. The molecule has 11 heavy (non-hydrogen) atoms. The van der Waals surface area contributed by atoms with Crippen molar-refractivity contribution in [3.8, 4) is 5.19 Å². The van der Waals surface area contributed by atoms with Crippen LogP contribution in [0.3, 0.4) is 0 Å². The Labute approximate surface area is 70.2 Å². The summed E-state index contributed by atoms with van der Waals surface area (Å²) in [6.07, 6.45) is 1.61. The Bertz CT molecular complexity index is 222. The van der Waals surface area contributed by atoms with Gasteiger partial charge >= 0.3 is 0 Å². The molecule has 3 nitrogen and oxygen atoms in total. The highest BCUT2D eigenvalue weighted by Crippen LogP contribution is 2.22. The summed E-state index contributed by atoms with van der Waals surface area (Å²) in [4.78, 5) is 3.96. The summed E-state index contributed by atoms with van der Waals surface area (Å²) in [6, 6.07) is 0. The van der Waals surface area contributed by atoms with E-state index in [1.54, 1.807) is 6.20 Å². The zero-order valence-corrected chi connectivity index (χ0v) is 7.52. The van der Waals surface area contributed by atoms with Crippen molar-refractivity contribution in [1.82, 2.24) is 4.98 Å². The second kappa shape index (κ2) is 3.57. The average molecular weight is 172 g/mol. The highest BCUT2D eigenvalue weighted by Gasteiger charge is 2.00. The van der Waals surface area contributed by atoms with Gasteiger partial charge in [0, 0.05) is 0 Å². The number of nitrogen functional groups attached to an aromatic ring is 1. The van der Waals surface area contributed by atoms with Gasteiger partial charge in [0.2, 0.25) is 0 Å². The summed E-state index contributed by atoms with van der Waals surface area (Å²) in [5, 5.41) is 1.36. The molecular formula is C7H12N2OS. The van der Waals surface area contributed by atoms with Gasteiger partial charge in [0.1, 0.15) is 5.00 Å². The number of hydrogen-bond acceptors (Lipinski definition) is 4. The minimum atomic E-state index is 0.528. The molecule has 1 aromatic rings. The number of aromatic nitrogens is 1. The molecule has 1 heterocycles. The van der Waals surface area contributed by atoms with E-state index >= 15 is 0 Å². The first-order valence-corrected chi connectivity index (χ1v) is 4.34. The maximum Gasteiger partial charge on any atom is 0.275 e. The standard InChI is InChI=1S/C7H12N2OS/c1-5(2)4-10-7-9-3-6(8)11-7/h3,5H,4,8H2,1-2H3. The van der Waals surface area contributed by atoms with Gasteiger partial charge in [-0.2, -0.15) is 0 Å². The molecule has 2 N–H and O–H groups in total. The largest absolute Gasteiger partial charge is 0.470 e. The zero-order valence-electron chi connectivity index (χ0n) is 6.70. The number of anilines is 1. The third kappa shape index (κ3) is 2.76. The van der Waals surface area contributed by atoms with Crippen LogP contribution in [-0.4, -0.2) is 11.6 Å². The Hall–Kier alpha value is -0.770. The molecule has 0 unspecified atom stereocenters. The molecule has 0 aliphatic carbocycles. The van der Waals surface area contributed by atoms with Crippen LogP contribution in [0, 0.1) is 5.92 Å². The van der Waals surface area contributed by atoms with Crippen LogP contribution < -0.4 is 10.5 Å². The van der Waals surface area contributed by atoms with Crippen molar-refractivity contribution in [2.24, 2.45) is 5.92 Å². The lowest BCUT2D eigenvalue weighted by atomic mass is 10.2. The Balaban J connectivity index is 2.39. The van der Waals surface area contributed by atoms with Gasteiger partial charge < -0.3 is 10.5 Å². The molecule has 0 amide bonds. The predicted octanol–water partition coefficient (Wildman–Crippen LogP) is 1.76. The van der Waals surface area contributed by atoms with E-state index in [1.807, 2.05) is 0 Å². The fraction of sp³-hybridized carbons (Fsp3) is 0.571. The number of ether oxygens (including phenoxy) is 1. The van der Waals surface area contributed by atoms with Gasteiger partial charge in [-0.1, -0.05) is 25.2 Å². The van der Waals surface area contributed by atoms with Crippen molar-refractivity contribution < 1.29 is 4.74 Å². The first-order valence-electron chi connectivity index (χ1n) is 3.52. The first kappa shape index (κ1) is 8.33. The topological polar surface area (TPSA) is 48.1 Å². The van der Waals surface area contributed by atoms with E-state index in [2.05, 4.69) is 18.8 Å². The highest BCUT2D eigenvalue weighted by molar-refractivity contribution is 7.17. The molecule has 4 heteroatoms. The average Bonchev–Trinajstić information content (AvgIpc) is 2.31. The Morgan fingerprint density at radius 2 is 2.45 bits per heavy atom. The summed E-state index contributed by atoms with van der Waals surface area (Å²) in [5.74, 6) is 0.528. The molecule has 62 valence electrons. The monoisotopic (exact) mass is 172 g/mol. The molecule has 1 rings (SSSR count). The number of thiazole rings is 1. The van der Waals surface area contributed by atoms with Crippen LogP contribution in [0.15, 0.2) is 6.20 Å². The molecule has 0 aromatic carbocycles. The van der Waals surface area contributed by atoms with E-state index in [1.165, 1.54) is 11.3 Å². The van der Waals surface area contributed by atoms with Crippen molar-refractivity contribution in [3.63, 3.8) is 0 Å². The lowest BCUT2D eigenvalue weighted by molar-refractivity contribution is 0.270. The second-order valence-electron chi connectivity index (χ2n) is 2.73. The van der Waals surface area contributed by atoms with Crippen LogP contribution >= 0.6 is 11.3 Å². The number of rotatable bonds is 3. The minimum absolute atomic E-state index is 0.528. The van der Waals surface area contributed by atoms with Gasteiger partial charge in [-0.05, 0) is 5.92 Å². The molecule has 0 aliphatic rings. The van der Waals surface area contributed by atoms with Gasteiger partial charge in [0.25, 0.3) is 5.19 Å². The Kier molecular flexibility index (Phi) is 2.70. The van der Waals surface area contributed by atoms with Gasteiger partial charge in [-0.15, -0.1) is 0 Å². The van der Waals surface area contributed by atoms with E-state index in [0.29, 0.717) is 22.7 Å². The molecule has 0 bridgehead atoms. The molecule has 0 radical (unpaired) electrons. The maximum atomic E-state index is 5.46. The molecular weight excluding hydrogens is 160 g/mol. The third-order valence-electron chi connectivity index (χ3n) is 1.04. The molecule has 0 saturated heterocycles. The number of nitrogens with zero attached hydrogens (tertiary/aromatic N) is 1. The normalized spacial score (nSPS) is 10.5. The molecule has 1 aromatic heterocycles. The van der Waals surface area contributed by atoms with Crippen LogP contribution in [0.5, 0.6) is 5.19 Å². The van der Waals surface area contributed by atoms with Crippen molar-refractivity contribution in [2.45, 2.75) is 13.8 Å². The summed E-state index contributed by atoms with van der Waals surface area (Å²) < 4.78 is 5.32. The fourth-order valence-corrected chi connectivity index (χ4v) is 1.11. The molecule has 0 atom stereocenters. The van der Waals surface area contributed by atoms with Crippen LogP contribution in [0.4, 0.5) is 5.00 Å². The van der Waals surface area contributed by atoms with Crippen molar-refractivity contribution in [3.05, 3.63) is 6.20 Å². The molecule has 0 saturated carbocycles. The van der Waals surface area contributed by atoms with Gasteiger partial charge in [0.15, 0.2) is 0 Å². The van der Waals surface area contributed by atoms with Crippen LogP contribution in [0.2, 0.25) is 0 Å². The third-order valence-corrected chi connectivity index (χ3v) is 1.78. The molecule has 0 fully saturated rings. The van der Waals surface area contributed by atoms with Gasteiger partial charge in [-0.3, -0.25) is 0 Å². The Morgan fingerprint density at radius 1 is 1.73 bits per heavy atom. The predicted molar refractivity (Wildman–Crippen MR) is 46.9 cm³/mol. The van der Waals surface area contributed by atoms with Crippen molar-refractivity contribution >= 4 is 16.3 Å². The van der Waals surface area contributed by atoms with Crippen molar-refractivity contribution in [1.29, 1.82) is 0 Å². The van der Waals surface area contributed by atoms with Crippen LogP contribution in [0.1, 0.15) is 13.8 Å². The smallest absolute Gasteiger partial charge is 0.275 e. The summed E-state index contributed by atoms with van der Waals surface area (Å²) in [5.41, 5.74) is 5.46. The SMILES string of the molecule is CC(C)COc1ncc(N)s1. The lowest BCUT2D eigenvalue weighted by Gasteiger charge is -2.03. The molecule has 0 aliphatic heterocycles. The first-order chi connectivity index (χ1) is 5.18. The van der Waals surface area contributed by atoms with E-state index in [-0.39, 0.29) is 0 Å². The zero-order chi connectivity index (χ0) is 8.27. The number of hydrogen-bond donors (Lipinski definition) is 1. The summed E-state index contributed by atoms with van der Waals surface area (Å²) in [7, 11) is 0. The van der Waals surface area contributed by atoms with Crippen LogP contribution in [-0.2, 0) is 0 Å². The molecule has 0 spiro atoms. The lowest BCUT2D eigenvalue weighted by Crippen LogP contribution is -2.03. The van der Waals surface area contributed by atoms with E-state index in [4.69, 9.17) is 10.5 Å². The van der Waals surface area contributed by atoms with Crippen LogP contribution in [0.25, 0.3) is 0 Å². The van der Waals surface area contributed by atoms with E-state index < -0.39 is 0 Å². The fourth-order valence-electron chi connectivity index (χ4n) is 0.575. The van der Waals surface area contributed by atoms with E-state index in [9.17, 15) is 0 Å².